The molecule has 0 aliphatic rings. The number of nitrogens with zero attached hydrogens (tertiary/aromatic N) is 2. The number of hydrogen-bond donors (Lipinski definition) is 1. The Kier molecular flexibility index (Phi) is 5.57. The number of benzene rings is 1. The summed E-state index contributed by atoms with van der Waals surface area (Å²) >= 11 is 0. The topological polar surface area (TPSA) is 48.7 Å². The van der Waals surface area contributed by atoms with Crippen LogP contribution in [0.4, 0.5) is 5.82 Å². The first-order chi connectivity index (χ1) is 10.2. The zero-order valence-corrected chi connectivity index (χ0v) is 12.9. The third-order valence-corrected chi connectivity index (χ3v) is 3.72. The lowest BCUT2D eigenvalue weighted by atomic mass is 10.1. The predicted octanol–water partition coefficient (Wildman–Crippen LogP) is 4.88. The number of fused-ring (bicyclic) bond motifs is 1. The highest BCUT2D eigenvalue weighted by molar-refractivity contribution is 5.86. The van der Waals surface area contributed by atoms with E-state index in [2.05, 4.69) is 30.2 Å². The molecule has 1 aromatic carbocycles. The van der Waals surface area contributed by atoms with Crippen LogP contribution < -0.4 is 5.32 Å². The van der Waals surface area contributed by atoms with Crippen LogP contribution in [0, 0.1) is 11.3 Å². The fourth-order valence-corrected chi connectivity index (χ4v) is 2.54. The first-order valence-electron chi connectivity index (χ1n) is 7.81. The van der Waals surface area contributed by atoms with Crippen LogP contribution in [-0.2, 0) is 0 Å². The van der Waals surface area contributed by atoms with Gasteiger partial charge in [-0.1, -0.05) is 50.8 Å². The van der Waals surface area contributed by atoms with Gasteiger partial charge in [0.2, 0.25) is 0 Å². The Morgan fingerprint density at radius 1 is 1.24 bits per heavy atom. The van der Waals surface area contributed by atoms with Gasteiger partial charge in [-0.05, 0) is 25.5 Å². The Balaban J connectivity index is 2.07. The van der Waals surface area contributed by atoms with Crippen molar-refractivity contribution in [3.05, 3.63) is 35.9 Å². The second-order valence-electron chi connectivity index (χ2n) is 5.58. The number of pyridine rings is 1. The smallest absolute Gasteiger partial charge is 0.128 e. The number of anilines is 1. The number of nitrogens with one attached hydrogen (secondary N) is 1. The summed E-state index contributed by atoms with van der Waals surface area (Å²) in [4.78, 5) is 4.61. The van der Waals surface area contributed by atoms with E-state index >= 15 is 0 Å². The molecule has 0 saturated carbocycles. The molecule has 1 N–H and O–H groups in total. The highest BCUT2D eigenvalue weighted by Gasteiger charge is 2.07. The van der Waals surface area contributed by atoms with E-state index in [0.717, 1.165) is 23.1 Å². The summed E-state index contributed by atoms with van der Waals surface area (Å²) < 4.78 is 0. The number of unbranched alkanes of at least 4 members (excludes halogenated alkanes) is 3. The van der Waals surface area contributed by atoms with Gasteiger partial charge in [0.25, 0.3) is 0 Å². The van der Waals surface area contributed by atoms with E-state index in [9.17, 15) is 5.26 Å². The van der Waals surface area contributed by atoms with Gasteiger partial charge in [-0.15, -0.1) is 0 Å². The number of aromatic nitrogens is 1. The highest BCUT2D eigenvalue weighted by atomic mass is 15.0. The number of hydrogen-bond acceptors (Lipinski definition) is 3. The van der Waals surface area contributed by atoms with Gasteiger partial charge in [-0.25, -0.2) is 4.98 Å². The molecule has 0 saturated heterocycles. The SMILES string of the molecule is CCCCCCC(C)Nc1cc(C#N)c2ccccc2n1. The average Bonchev–Trinajstić information content (AvgIpc) is 2.50. The van der Waals surface area contributed by atoms with Crippen molar-refractivity contribution in [2.45, 2.75) is 52.0 Å². The molecule has 1 unspecified atom stereocenters. The Morgan fingerprint density at radius 2 is 2.05 bits per heavy atom. The summed E-state index contributed by atoms with van der Waals surface area (Å²) in [5.41, 5.74) is 1.55. The Labute approximate surface area is 127 Å². The molecular weight excluding hydrogens is 258 g/mol. The maximum atomic E-state index is 9.29. The minimum absolute atomic E-state index is 0.377. The van der Waals surface area contributed by atoms with E-state index in [0.29, 0.717) is 11.6 Å². The van der Waals surface area contributed by atoms with Crippen molar-refractivity contribution in [3.8, 4) is 6.07 Å². The predicted molar refractivity (Wildman–Crippen MR) is 88.3 cm³/mol. The van der Waals surface area contributed by atoms with E-state index in [1.807, 2.05) is 30.3 Å². The second kappa shape index (κ2) is 7.64. The van der Waals surface area contributed by atoms with Crippen molar-refractivity contribution in [3.63, 3.8) is 0 Å². The van der Waals surface area contributed by atoms with Crippen molar-refractivity contribution >= 4 is 16.7 Å². The van der Waals surface area contributed by atoms with Crippen molar-refractivity contribution in [2.75, 3.05) is 5.32 Å². The highest BCUT2D eigenvalue weighted by Crippen LogP contribution is 2.21. The maximum absolute atomic E-state index is 9.29. The van der Waals surface area contributed by atoms with E-state index < -0.39 is 0 Å². The van der Waals surface area contributed by atoms with Crippen LogP contribution in [0.15, 0.2) is 30.3 Å². The summed E-state index contributed by atoms with van der Waals surface area (Å²) in [5, 5.41) is 13.6. The van der Waals surface area contributed by atoms with Crippen LogP contribution in [0.1, 0.15) is 51.5 Å². The standard InChI is InChI=1S/C18H23N3/c1-3-4-5-6-9-14(2)20-18-12-15(13-19)16-10-7-8-11-17(16)21-18/h7-8,10-12,14H,3-6,9H2,1-2H3,(H,20,21). The zero-order valence-electron chi connectivity index (χ0n) is 12.9. The fraction of sp³-hybridized carbons (Fsp3) is 0.444. The molecule has 110 valence electrons. The molecule has 0 spiro atoms. The van der Waals surface area contributed by atoms with Crippen LogP contribution in [0.25, 0.3) is 10.9 Å². The minimum atomic E-state index is 0.377. The molecule has 0 aliphatic heterocycles. The fourth-order valence-electron chi connectivity index (χ4n) is 2.54. The Morgan fingerprint density at radius 3 is 2.81 bits per heavy atom. The van der Waals surface area contributed by atoms with Gasteiger partial charge >= 0.3 is 0 Å². The van der Waals surface area contributed by atoms with Gasteiger partial charge < -0.3 is 5.32 Å². The summed E-state index contributed by atoms with van der Waals surface area (Å²) in [6.45, 7) is 4.40. The molecule has 21 heavy (non-hydrogen) atoms. The van der Waals surface area contributed by atoms with Crippen molar-refractivity contribution in [1.29, 1.82) is 5.26 Å². The number of para-hydroxylation sites is 1. The molecule has 0 bridgehead atoms. The number of nitriles is 1. The van der Waals surface area contributed by atoms with Gasteiger partial charge in [0, 0.05) is 11.4 Å². The Bertz CT molecular complexity index is 628. The van der Waals surface area contributed by atoms with Gasteiger partial charge in [-0.2, -0.15) is 5.26 Å². The molecule has 0 radical (unpaired) electrons. The van der Waals surface area contributed by atoms with E-state index in [4.69, 9.17) is 0 Å². The maximum Gasteiger partial charge on any atom is 0.128 e. The van der Waals surface area contributed by atoms with Gasteiger partial charge in [0.1, 0.15) is 5.82 Å². The van der Waals surface area contributed by atoms with Crippen LogP contribution >= 0.6 is 0 Å². The molecule has 1 heterocycles. The number of rotatable bonds is 7. The lowest BCUT2D eigenvalue weighted by molar-refractivity contribution is 0.593. The molecule has 0 amide bonds. The molecule has 2 aromatic rings. The largest absolute Gasteiger partial charge is 0.368 e. The molecule has 1 aromatic heterocycles. The second-order valence-corrected chi connectivity index (χ2v) is 5.58. The van der Waals surface area contributed by atoms with Crippen LogP contribution in [0.2, 0.25) is 0 Å². The first-order valence-corrected chi connectivity index (χ1v) is 7.81. The van der Waals surface area contributed by atoms with Crippen LogP contribution in [-0.4, -0.2) is 11.0 Å². The third-order valence-electron chi connectivity index (χ3n) is 3.72. The minimum Gasteiger partial charge on any atom is -0.368 e. The van der Waals surface area contributed by atoms with Crippen molar-refractivity contribution < 1.29 is 0 Å². The van der Waals surface area contributed by atoms with Crippen LogP contribution in [0.5, 0.6) is 0 Å². The van der Waals surface area contributed by atoms with Crippen LogP contribution in [0.3, 0.4) is 0 Å². The molecule has 2 rings (SSSR count). The lowest BCUT2D eigenvalue weighted by Gasteiger charge is -2.15. The van der Waals surface area contributed by atoms with E-state index in [1.54, 1.807) is 0 Å². The summed E-state index contributed by atoms with van der Waals surface area (Å²) in [6, 6.07) is 12.3. The summed E-state index contributed by atoms with van der Waals surface area (Å²) in [5.74, 6) is 0.799. The molecule has 0 fully saturated rings. The monoisotopic (exact) mass is 281 g/mol. The molecule has 0 aliphatic carbocycles. The zero-order chi connectivity index (χ0) is 15.1. The summed E-state index contributed by atoms with van der Waals surface area (Å²) in [6.07, 6.45) is 6.23. The molecular formula is C18H23N3. The third kappa shape index (κ3) is 4.19. The average molecular weight is 281 g/mol. The van der Waals surface area contributed by atoms with Crippen molar-refractivity contribution in [1.82, 2.24) is 4.98 Å². The van der Waals surface area contributed by atoms with E-state index in [-0.39, 0.29) is 0 Å². The molecule has 1 atom stereocenters. The first kappa shape index (κ1) is 15.3. The van der Waals surface area contributed by atoms with Gasteiger partial charge in [-0.3, -0.25) is 0 Å². The quantitative estimate of drug-likeness (QED) is 0.736. The normalized spacial score (nSPS) is 12.0. The van der Waals surface area contributed by atoms with E-state index in [1.165, 1.54) is 25.7 Å². The lowest BCUT2D eigenvalue weighted by Crippen LogP contribution is -2.16. The van der Waals surface area contributed by atoms with Gasteiger partial charge in [0.15, 0.2) is 0 Å². The van der Waals surface area contributed by atoms with Crippen molar-refractivity contribution in [2.24, 2.45) is 0 Å². The molecule has 3 nitrogen and oxygen atoms in total. The molecule has 3 heteroatoms. The Hall–Kier alpha value is -2.08. The summed E-state index contributed by atoms with van der Waals surface area (Å²) in [7, 11) is 0. The van der Waals surface area contributed by atoms with Gasteiger partial charge in [0.05, 0.1) is 17.1 Å².